The first-order chi connectivity index (χ1) is 18.2. The van der Waals surface area contributed by atoms with Gasteiger partial charge in [0.1, 0.15) is 17.6 Å². The SMILES string of the molecule is C=CCOC(=O)C1(c2ccccc2)CC[C@@H](C(=O)N2CCC(NC(=O)OC(C)(C)C)CC2)c2ccccc21. The van der Waals surface area contributed by atoms with Crippen LogP contribution >= 0.6 is 0 Å². The molecule has 1 fully saturated rings. The first-order valence-corrected chi connectivity index (χ1v) is 13.4. The molecule has 7 nitrogen and oxygen atoms in total. The number of nitrogens with zero attached hydrogens (tertiary/aromatic N) is 1. The lowest BCUT2D eigenvalue weighted by molar-refractivity contribution is -0.149. The minimum Gasteiger partial charge on any atom is -0.461 e. The van der Waals surface area contributed by atoms with E-state index in [4.69, 9.17) is 9.47 Å². The van der Waals surface area contributed by atoms with Gasteiger partial charge in [-0.2, -0.15) is 0 Å². The molecule has 1 aliphatic heterocycles. The first-order valence-electron chi connectivity index (χ1n) is 13.4. The molecule has 202 valence electrons. The topological polar surface area (TPSA) is 84.9 Å². The molecule has 1 heterocycles. The molecule has 2 atom stereocenters. The molecule has 2 aromatic carbocycles. The van der Waals surface area contributed by atoms with Crippen LogP contribution in [0.4, 0.5) is 4.79 Å². The fourth-order valence-electron chi connectivity index (χ4n) is 5.65. The van der Waals surface area contributed by atoms with Gasteiger partial charge in [-0.3, -0.25) is 9.59 Å². The number of nitrogens with one attached hydrogen (secondary N) is 1. The Kier molecular flexibility index (Phi) is 8.24. The molecule has 1 aliphatic carbocycles. The molecule has 4 rings (SSSR count). The predicted octanol–water partition coefficient (Wildman–Crippen LogP) is 5.10. The van der Waals surface area contributed by atoms with E-state index in [1.165, 1.54) is 0 Å². The third-order valence-electron chi connectivity index (χ3n) is 7.38. The Labute approximate surface area is 225 Å². The highest BCUT2D eigenvalue weighted by atomic mass is 16.6. The van der Waals surface area contributed by atoms with Gasteiger partial charge in [-0.15, -0.1) is 0 Å². The Balaban J connectivity index is 1.54. The number of hydrogen-bond donors (Lipinski definition) is 1. The summed E-state index contributed by atoms with van der Waals surface area (Å²) in [5.41, 5.74) is 1.02. The highest BCUT2D eigenvalue weighted by Crippen LogP contribution is 2.48. The Hall–Kier alpha value is -3.61. The maximum absolute atomic E-state index is 13.8. The van der Waals surface area contributed by atoms with E-state index in [1.807, 2.05) is 80.3 Å². The Morgan fingerprint density at radius 2 is 1.68 bits per heavy atom. The van der Waals surface area contributed by atoms with Crippen LogP contribution in [0.3, 0.4) is 0 Å². The van der Waals surface area contributed by atoms with Gasteiger partial charge in [0, 0.05) is 19.1 Å². The van der Waals surface area contributed by atoms with E-state index in [0.29, 0.717) is 38.8 Å². The van der Waals surface area contributed by atoms with Gasteiger partial charge in [0.05, 0.1) is 5.92 Å². The zero-order valence-electron chi connectivity index (χ0n) is 22.6. The summed E-state index contributed by atoms with van der Waals surface area (Å²) in [5.74, 6) is -0.601. The van der Waals surface area contributed by atoms with Crippen molar-refractivity contribution in [2.75, 3.05) is 19.7 Å². The Bertz CT molecular complexity index is 1160. The summed E-state index contributed by atoms with van der Waals surface area (Å²) in [6, 6.07) is 17.4. The third-order valence-corrected chi connectivity index (χ3v) is 7.38. The molecule has 2 aliphatic rings. The minimum atomic E-state index is -0.984. The van der Waals surface area contributed by atoms with Crippen LogP contribution < -0.4 is 5.32 Å². The molecule has 38 heavy (non-hydrogen) atoms. The van der Waals surface area contributed by atoms with Crippen LogP contribution in [0.5, 0.6) is 0 Å². The third kappa shape index (κ3) is 5.77. The van der Waals surface area contributed by atoms with Crippen molar-refractivity contribution in [3.8, 4) is 0 Å². The van der Waals surface area contributed by atoms with Gasteiger partial charge in [0.25, 0.3) is 0 Å². The smallest absolute Gasteiger partial charge is 0.407 e. The van der Waals surface area contributed by atoms with Gasteiger partial charge in [-0.25, -0.2) is 4.79 Å². The van der Waals surface area contributed by atoms with Crippen LogP contribution in [-0.4, -0.2) is 54.2 Å². The zero-order chi connectivity index (χ0) is 27.3. The Morgan fingerprint density at radius 3 is 2.34 bits per heavy atom. The van der Waals surface area contributed by atoms with Crippen LogP contribution in [0, 0.1) is 0 Å². The van der Waals surface area contributed by atoms with Crippen molar-refractivity contribution in [3.63, 3.8) is 0 Å². The monoisotopic (exact) mass is 518 g/mol. The average Bonchev–Trinajstić information content (AvgIpc) is 2.90. The standard InChI is InChI=1S/C31H38N2O5/c1-5-21-37-28(35)31(22-11-7-6-8-12-22)18-15-25(24-13-9-10-14-26(24)31)27(34)33-19-16-23(17-20-33)32-29(36)38-30(2,3)4/h5-14,23,25H,1,15-21H2,2-4H3,(H,32,36)/t25-,31?/m1/s1. The van der Waals surface area contributed by atoms with Gasteiger partial charge in [-0.05, 0) is 63.1 Å². The summed E-state index contributed by atoms with van der Waals surface area (Å²) in [4.78, 5) is 41.5. The number of likely N-dealkylation sites (tertiary alicyclic amines) is 1. The lowest BCUT2D eigenvalue weighted by Crippen LogP contribution is -2.50. The number of amides is 2. The normalized spacial score (nSPS) is 21.7. The van der Waals surface area contributed by atoms with Crippen molar-refractivity contribution >= 4 is 18.0 Å². The molecule has 1 N–H and O–H groups in total. The molecule has 0 saturated carbocycles. The van der Waals surface area contributed by atoms with Crippen molar-refractivity contribution in [1.29, 1.82) is 0 Å². The zero-order valence-corrected chi connectivity index (χ0v) is 22.6. The molecule has 1 saturated heterocycles. The number of piperidine rings is 1. The van der Waals surface area contributed by atoms with Crippen molar-refractivity contribution < 1.29 is 23.9 Å². The van der Waals surface area contributed by atoms with E-state index in [2.05, 4.69) is 11.9 Å². The van der Waals surface area contributed by atoms with Crippen LogP contribution in [0.1, 0.15) is 69.1 Å². The number of alkyl carbamates (subject to hydrolysis) is 1. The molecule has 2 aromatic rings. The molecule has 2 amide bonds. The van der Waals surface area contributed by atoms with Crippen molar-refractivity contribution in [1.82, 2.24) is 10.2 Å². The Morgan fingerprint density at radius 1 is 1.03 bits per heavy atom. The fourth-order valence-corrected chi connectivity index (χ4v) is 5.65. The summed E-state index contributed by atoms with van der Waals surface area (Å²) in [7, 11) is 0. The van der Waals surface area contributed by atoms with E-state index >= 15 is 0 Å². The highest BCUT2D eigenvalue weighted by molar-refractivity contribution is 5.92. The van der Waals surface area contributed by atoms with Crippen LogP contribution in [0.25, 0.3) is 0 Å². The van der Waals surface area contributed by atoms with E-state index in [9.17, 15) is 14.4 Å². The summed E-state index contributed by atoms with van der Waals surface area (Å²) in [6.45, 7) is 10.4. The quantitative estimate of drug-likeness (QED) is 0.425. The van der Waals surface area contributed by atoms with E-state index < -0.39 is 17.1 Å². The maximum atomic E-state index is 13.8. The highest BCUT2D eigenvalue weighted by Gasteiger charge is 2.50. The summed E-state index contributed by atoms with van der Waals surface area (Å²) in [5, 5.41) is 2.93. The minimum absolute atomic E-state index is 0.0297. The van der Waals surface area contributed by atoms with Gasteiger partial charge >= 0.3 is 12.1 Å². The molecule has 1 unspecified atom stereocenters. The number of esters is 1. The van der Waals surface area contributed by atoms with E-state index in [0.717, 1.165) is 16.7 Å². The van der Waals surface area contributed by atoms with Gasteiger partial charge < -0.3 is 19.7 Å². The van der Waals surface area contributed by atoms with Gasteiger partial charge in [0.15, 0.2) is 0 Å². The second-order valence-corrected chi connectivity index (χ2v) is 11.1. The fraction of sp³-hybridized carbons (Fsp3) is 0.452. The number of hydrogen-bond acceptors (Lipinski definition) is 5. The summed E-state index contributed by atoms with van der Waals surface area (Å²) >= 11 is 0. The molecular weight excluding hydrogens is 480 g/mol. The van der Waals surface area contributed by atoms with Crippen LogP contribution in [0.15, 0.2) is 67.3 Å². The van der Waals surface area contributed by atoms with E-state index in [1.54, 1.807) is 6.08 Å². The predicted molar refractivity (Wildman–Crippen MR) is 146 cm³/mol. The largest absolute Gasteiger partial charge is 0.461 e. The maximum Gasteiger partial charge on any atom is 0.407 e. The lowest BCUT2D eigenvalue weighted by atomic mass is 9.63. The number of rotatable bonds is 6. The molecule has 0 aromatic heterocycles. The molecule has 0 bridgehead atoms. The van der Waals surface area contributed by atoms with E-state index in [-0.39, 0.29) is 30.4 Å². The van der Waals surface area contributed by atoms with Gasteiger partial charge in [-0.1, -0.05) is 67.3 Å². The molecular formula is C31H38N2O5. The lowest BCUT2D eigenvalue weighted by Gasteiger charge is -2.42. The summed E-state index contributed by atoms with van der Waals surface area (Å²) < 4.78 is 11.0. The van der Waals surface area contributed by atoms with Crippen molar-refractivity contribution in [2.24, 2.45) is 0 Å². The number of ether oxygens (including phenoxy) is 2. The van der Waals surface area contributed by atoms with Crippen LogP contribution in [0.2, 0.25) is 0 Å². The molecule has 0 spiro atoms. The molecule has 0 radical (unpaired) electrons. The first kappa shape index (κ1) is 27.4. The van der Waals surface area contributed by atoms with Gasteiger partial charge in [0.2, 0.25) is 5.91 Å². The summed E-state index contributed by atoms with van der Waals surface area (Å²) in [6.07, 6.45) is 3.48. The second-order valence-electron chi connectivity index (χ2n) is 11.1. The second kappa shape index (κ2) is 11.4. The number of benzene rings is 2. The number of fused-ring (bicyclic) bond motifs is 1. The molecule has 7 heteroatoms. The van der Waals surface area contributed by atoms with Crippen molar-refractivity contribution in [3.05, 3.63) is 83.9 Å². The average molecular weight is 519 g/mol. The number of carbonyl (C=O) groups excluding carboxylic acids is 3. The number of carbonyl (C=O) groups is 3. The van der Waals surface area contributed by atoms with Crippen LogP contribution in [-0.2, 0) is 24.5 Å². The van der Waals surface area contributed by atoms with Crippen molar-refractivity contribution in [2.45, 2.75) is 69.4 Å².